The Morgan fingerprint density at radius 2 is 2.00 bits per heavy atom. The average Bonchev–Trinajstić information content (AvgIpc) is 2.17. The molecule has 0 fully saturated rings. The number of aliphatic carboxylic acids is 1. The predicted octanol–water partition coefficient (Wildman–Crippen LogP) is 2.72. The van der Waals surface area contributed by atoms with Gasteiger partial charge in [-0.3, -0.25) is 0 Å². The molecule has 0 amide bonds. The molecule has 1 N–H and O–H groups in total. The molecule has 1 aromatic carbocycles. The first kappa shape index (κ1) is 11.0. The van der Waals surface area contributed by atoms with Gasteiger partial charge in [0.05, 0.1) is 0 Å². The van der Waals surface area contributed by atoms with Crippen LogP contribution in [0.1, 0.15) is 11.1 Å². The zero-order chi connectivity index (χ0) is 10.4. The number of alkyl halides is 1. The molecule has 14 heavy (non-hydrogen) atoms. The molecule has 0 saturated heterocycles. The second-order valence-electron chi connectivity index (χ2n) is 2.85. The van der Waals surface area contributed by atoms with Crippen LogP contribution in [0.5, 0.6) is 0 Å². The fourth-order valence-corrected chi connectivity index (χ4v) is 1.53. The van der Waals surface area contributed by atoms with E-state index in [4.69, 9.17) is 5.11 Å². The van der Waals surface area contributed by atoms with Crippen molar-refractivity contribution >= 4 is 28.0 Å². The Balaban J connectivity index is 2.68. The molecule has 0 aliphatic heterocycles. The van der Waals surface area contributed by atoms with Crippen LogP contribution in [0, 0.1) is 0 Å². The Morgan fingerprint density at radius 3 is 2.50 bits per heavy atom. The van der Waals surface area contributed by atoms with E-state index in [-0.39, 0.29) is 0 Å². The number of carbonyl (C=O) groups is 1. The number of aryl methyl sites for hydroxylation is 1. The summed E-state index contributed by atoms with van der Waals surface area (Å²) in [4.78, 5) is 10.2. The highest BCUT2D eigenvalue weighted by molar-refractivity contribution is 9.09. The summed E-state index contributed by atoms with van der Waals surface area (Å²) in [6.45, 7) is 0. The number of carboxylic acid groups (broad SMARTS) is 1. The van der Waals surface area contributed by atoms with E-state index in [0.717, 1.165) is 23.4 Å². The van der Waals surface area contributed by atoms with E-state index in [1.165, 1.54) is 5.56 Å². The maximum atomic E-state index is 10.2. The van der Waals surface area contributed by atoms with Crippen molar-refractivity contribution in [3.05, 3.63) is 41.5 Å². The molecule has 0 radical (unpaired) electrons. The van der Waals surface area contributed by atoms with Crippen LogP contribution >= 0.6 is 15.9 Å². The molecular formula is C11H11BrO2. The molecule has 0 saturated carbocycles. The summed E-state index contributed by atoms with van der Waals surface area (Å²) in [5.74, 6) is -0.922. The molecule has 0 bridgehead atoms. The van der Waals surface area contributed by atoms with Gasteiger partial charge in [0.15, 0.2) is 0 Å². The van der Waals surface area contributed by atoms with E-state index in [2.05, 4.69) is 15.9 Å². The highest BCUT2D eigenvalue weighted by Crippen LogP contribution is 2.07. The minimum absolute atomic E-state index is 0.908. The Bertz CT molecular complexity index is 328. The first-order valence-corrected chi connectivity index (χ1v) is 5.40. The predicted molar refractivity (Wildman–Crippen MR) is 60.6 cm³/mol. The van der Waals surface area contributed by atoms with Gasteiger partial charge in [-0.1, -0.05) is 40.2 Å². The number of halogens is 1. The first-order valence-electron chi connectivity index (χ1n) is 4.28. The van der Waals surface area contributed by atoms with Crippen molar-refractivity contribution in [2.45, 2.75) is 6.42 Å². The minimum atomic E-state index is -0.922. The smallest absolute Gasteiger partial charge is 0.328 e. The standard InChI is InChI=1S/C11H11BrO2/c12-8-7-10-3-1-9(2-4-10)5-6-11(13)14/h1-6H,7-8H2,(H,13,14)/b6-5+. The third-order valence-corrected chi connectivity index (χ3v) is 2.18. The zero-order valence-electron chi connectivity index (χ0n) is 7.61. The van der Waals surface area contributed by atoms with Crippen molar-refractivity contribution in [3.63, 3.8) is 0 Å². The summed E-state index contributed by atoms with van der Waals surface area (Å²) in [5.41, 5.74) is 2.15. The van der Waals surface area contributed by atoms with Gasteiger partial charge in [0.1, 0.15) is 0 Å². The lowest BCUT2D eigenvalue weighted by Gasteiger charge is -1.97. The number of benzene rings is 1. The number of carboxylic acids is 1. The largest absolute Gasteiger partial charge is 0.478 e. The van der Waals surface area contributed by atoms with E-state index in [1.807, 2.05) is 24.3 Å². The molecule has 0 atom stereocenters. The van der Waals surface area contributed by atoms with Gasteiger partial charge in [-0.05, 0) is 23.6 Å². The molecule has 0 aliphatic carbocycles. The number of rotatable bonds is 4. The molecule has 74 valence electrons. The molecule has 2 nitrogen and oxygen atoms in total. The monoisotopic (exact) mass is 254 g/mol. The van der Waals surface area contributed by atoms with Gasteiger partial charge >= 0.3 is 5.97 Å². The molecule has 1 aromatic rings. The van der Waals surface area contributed by atoms with Crippen molar-refractivity contribution in [1.82, 2.24) is 0 Å². The van der Waals surface area contributed by atoms with Gasteiger partial charge in [-0.2, -0.15) is 0 Å². The third-order valence-electron chi connectivity index (χ3n) is 1.78. The summed E-state index contributed by atoms with van der Waals surface area (Å²) >= 11 is 3.36. The van der Waals surface area contributed by atoms with E-state index in [9.17, 15) is 4.79 Å². The van der Waals surface area contributed by atoms with Crippen molar-refractivity contribution in [1.29, 1.82) is 0 Å². The number of hydrogen-bond donors (Lipinski definition) is 1. The van der Waals surface area contributed by atoms with Gasteiger partial charge in [0.2, 0.25) is 0 Å². The highest BCUT2D eigenvalue weighted by atomic mass is 79.9. The Kier molecular flexibility index (Phi) is 4.40. The molecule has 0 spiro atoms. The Labute approximate surface area is 91.4 Å². The average molecular weight is 255 g/mol. The van der Waals surface area contributed by atoms with Crippen molar-refractivity contribution in [3.8, 4) is 0 Å². The lowest BCUT2D eigenvalue weighted by Crippen LogP contribution is -1.87. The summed E-state index contributed by atoms with van der Waals surface area (Å²) in [6, 6.07) is 7.83. The quantitative estimate of drug-likeness (QED) is 0.663. The van der Waals surface area contributed by atoms with Crippen LogP contribution in [0.4, 0.5) is 0 Å². The second-order valence-corrected chi connectivity index (χ2v) is 3.65. The molecule has 0 aliphatic rings. The van der Waals surface area contributed by atoms with Crippen LogP contribution < -0.4 is 0 Å². The van der Waals surface area contributed by atoms with Crippen LogP contribution in [0.15, 0.2) is 30.3 Å². The molecule has 3 heteroatoms. The molecule has 1 rings (SSSR count). The van der Waals surface area contributed by atoms with Crippen LogP contribution in [-0.2, 0) is 11.2 Å². The molecule has 0 unspecified atom stereocenters. The Hall–Kier alpha value is -1.09. The summed E-state index contributed by atoms with van der Waals surface area (Å²) in [7, 11) is 0. The fourth-order valence-electron chi connectivity index (χ4n) is 1.07. The summed E-state index contributed by atoms with van der Waals surface area (Å²) in [5, 5.41) is 9.36. The highest BCUT2D eigenvalue weighted by Gasteiger charge is 1.92. The van der Waals surface area contributed by atoms with E-state index in [1.54, 1.807) is 6.08 Å². The maximum absolute atomic E-state index is 10.2. The van der Waals surface area contributed by atoms with Crippen molar-refractivity contribution in [2.75, 3.05) is 5.33 Å². The number of hydrogen-bond acceptors (Lipinski definition) is 1. The molecule has 0 heterocycles. The van der Waals surface area contributed by atoms with E-state index in [0.29, 0.717) is 0 Å². The molecular weight excluding hydrogens is 244 g/mol. The van der Waals surface area contributed by atoms with Gasteiger partial charge < -0.3 is 5.11 Å². The lowest BCUT2D eigenvalue weighted by molar-refractivity contribution is -0.131. The Morgan fingerprint density at radius 1 is 1.36 bits per heavy atom. The van der Waals surface area contributed by atoms with E-state index >= 15 is 0 Å². The maximum Gasteiger partial charge on any atom is 0.328 e. The molecule has 0 aromatic heterocycles. The summed E-state index contributed by atoms with van der Waals surface area (Å²) < 4.78 is 0. The van der Waals surface area contributed by atoms with E-state index < -0.39 is 5.97 Å². The van der Waals surface area contributed by atoms with Gasteiger partial charge in [-0.15, -0.1) is 0 Å². The second kappa shape index (κ2) is 5.60. The van der Waals surface area contributed by atoms with Crippen LogP contribution in [0.3, 0.4) is 0 Å². The zero-order valence-corrected chi connectivity index (χ0v) is 9.20. The van der Waals surface area contributed by atoms with Crippen LogP contribution in [-0.4, -0.2) is 16.4 Å². The van der Waals surface area contributed by atoms with Gasteiger partial charge in [0.25, 0.3) is 0 Å². The van der Waals surface area contributed by atoms with Crippen LogP contribution in [0.25, 0.3) is 6.08 Å². The van der Waals surface area contributed by atoms with Crippen molar-refractivity contribution in [2.24, 2.45) is 0 Å². The minimum Gasteiger partial charge on any atom is -0.478 e. The normalized spacial score (nSPS) is 10.6. The first-order chi connectivity index (χ1) is 6.72. The van der Waals surface area contributed by atoms with Crippen LogP contribution in [0.2, 0.25) is 0 Å². The van der Waals surface area contributed by atoms with Gasteiger partial charge in [-0.25, -0.2) is 4.79 Å². The summed E-state index contributed by atoms with van der Waals surface area (Å²) in [6.07, 6.45) is 3.71. The van der Waals surface area contributed by atoms with Crippen molar-refractivity contribution < 1.29 is 9.90 Å². The third kappa shape index (κ3) is 3.75. The van der Waals surface area contributed by atoms with Gasteiger partial charge in [0, 0.05) is 11.4 Å². The SMILES string of the molecule is O=C(O)/C=C/c1ccc(CCBr)cc1. The fraction of sp³-hybridized carbons (Fsp3) is 0.182. The lowest BCUT2D eigenvalue weighted by atomic mass is 10.1. The topological polar surface area (TPSA) is 37.3 Å².